The zero-order chi connectivity index (χ0) is 15.4. The molecule has 0 unspecified atom stereocenters. The van der Waals surface area contributed by atoms with Crippen LogP contribution in [0, 0.1) is 6.92 Å². The first kappa shape index (κ1) is 16.3. The first-order valence-corrected chi connectivity index (χ1v) is 8.26. The number of benzene rings is 1. The maximum Gasteiger partial charge on any atom is 0.228 e. The van der Waals surface area contributed by atoms with Crippen LogP contribution in [0.5, 0.6) is 0 Å². The predicted octanol–water partition coefficient (Wildman–Crippen LogP) is 4.35. The Bertz CT molecular complexity index is 642. The van der Waals surface area contributed by atoms with Crippen LogP contribution >= 0.6 is 34.5 Å². The van der Waals surface area contributed by atoms with E-state index >= 15 is 0 Å². The molecule has 0 aliphatic rings. The van der Waals surface area contributed by atoms with Gasteiger partial charge in [-0.3, -0.25) is 4.79 Å². The highest BCUT2D eigenvalue weighted by atomic mass is 35.5. The van der Waals surface area contributed by atoms with Crippen molar-refractivity contribution in [3.63, 3.8) is 0 Å². The average molecular weight is 343 g/mol. The van der Waals surface area contributed by atoms with Crippen molar-refractivity contribution < 1.29 is 4.79 Å². The third kappa shape index (κ3) is 4.43. The summed E-state index contributed by atoms with van der Waals surface area (Å²) in [7, 11) is 0. The highest BCUT2D eigenvalue weighted by molar-refractivity contribution is 7.09. The Kier molecular flexibility index (Phi) is 5.62. The fraction of sp³-hybridized carbons (Fsp3) is 0.333. The zero-order valence-electron chi connectivity index (χ0n) is 11.9. The van der Waals surface area contributed by atoms with Gasteiger partial charge in [0.1, 0.15) is 0 Å². The van der Waals surface area contributed by atoms with Crippen LogP contribution in [-0.4, -0.2) is 22.3 Å². The normalized spacial score (nSPS) is 10.7. The predicted molar refractivity (Wildman–Crippen MR) is 88.1 cm³/mol. The number of carbonyl (C=O) groups excluding carboxylic acids is 1. The molecule has 1 aromatic heterocycles. The van der Waals surface area contributed by atoms with Crippen LogP contribution in [0.25, 0.3) is 0 Å². The van der Waals surface area contributed by atoms with Crippen molar-refractivity contribution in [2.45, 2.75) is 26.8 Å². The van der Waals surface area contributed by atoms with Gasteiger partial charge in [-0.25, -0.2) is 4.98 Å². The lowest BCUT2D eigenvalue weighted by atomic mass is 10.2. The number of thiazole rings is 1. The molecule has 1 aromatic carbocycles. The minimum Gasteiger partial charge on any atom is -0.338 e. The van der Waals surface area contributed by atoms with E-state index in [4.69, 9.17) is 23.2 Å². The Labute approximate surface area is 138 Å². The Hall–Kier alpha value is -1.10. The summed E-state index contributed by atoms with van der Waals surface area (Å²) in [5.74, 6) is 0.0638. The summed E-state index contributed by atoms with van der Waals surface area (Å²) in [5.41, 5.74) is 1.80. The molecule has 0 fully saturated rings. The van der Waals surface area contributed by atoms with Crippen molar-refractivity contribution in [1.82, 2.24) is 9.88 Å². The van der Waals surface area contributed by atoms with E-state index < -0.39 is 0 Å². The van der Waals surface area contributed by atoms with Crippen molar-refractivity contribution in [3.8, 4) is 0 Å². The second-order valence-electron chi connectivity index (χ2n) is 4.69. The minimum atomic E-state index is 0.0638. The molecule has 0 radical (unpaired) electrons. The summed E-state index contributed by atoms with van der Waals surface area (Å²) in [4.78, 5) is 18.5. The van der Waals surface area contributed by atoms with Crippen LogP contribution in [0.15, 0.2) is 23.6 Å². The molecule has 21 heavy (non-hydrogen) atoms. The number of hydrogen-bond donors (Lipinski definition) is 0. The van der Waals surface area contributed by atoms with Crippen LogP contribution in [0.4, 0.5) is 0 Å². The van der Waals surface area contributed by atoms with Crippen molar-refractivity contribution >= 4 is 40.4 Å². The smallest absolute Gasteiger partial charge is 0.228 e. The van der Waals surface area contributed by atoms with Crippen molar-refractivity contribution in [2.75, 3.05) is 6.54 Å². The quantitative estimate of drug-likeness (QED) is 0.809. The Balaban J connectivity index is 2.04. The summed E-state index contributed by atoms with van der Waals surface area (Å²) in [6.45, 7) is 5.06. The molecular weight excluding hydrogens is 327 g/mol. The number of carbonyl (C=O) groups is 1. The lowest BCUT2D eigenvalue weighted by Crippen LogP contribution is -2.31. The van der Waals surface area contributed by atoms with E-state index in [1.807, 2.05) is 25.3 Å². The maximum atomic E-state index is 12.3. The molecular formula is C15H16Cl2N2OS. The van der Waals surface area contributed by atoms with E-state index in [0.29, 0.717) is 29.6 Å². The van der Waals surface area contributed by atoms with Crippen molar-refractivity contribution in [1.29, 1.82) is 0 Å². The average Bonchev–Trinajstić information content (AvgIpc) is 2.85. The summed E-state index contributed by atoms with van der Waals surface area (Å²) in [5, 5.41) is 3.94. The van der Waals surface area contributed by atoms with Crippen molar-refractivity contribution in [2.24, 2.45) is 0 Å². The summed E-state index contributed by atoms with van der Waals surface area (Å²) >= 11 is 13.5. The molecule has 2 aromatic rings. The van der Waals surface area contributed by atoms with Gasteiger partial charge < -0.3 is 4.90 Å². The standard InChI is InChI=1S/C15H16Cl2N2OS/c1-3-19(8-11-4-5-13(16)14(17)6-11)15(20)7-12-9-21-10(2)18-12/h4-6,9H,3,7-8H2,1-2H3. The molecule has 3 nitrogen and oxygen atoms in total. The number of aryl methyl sites for hydroxylation is 1. The Morgan fingerprint density at radius 1 is 1.33 bits per heavy atom. The SMILES string of the molecule is CCN(Cc1ccc(Cl)c(Cl)c1)C(=O)Cc1csc(C)n1. The molecule has 2 rings (SSSR count). The van der Waals surface area contributed by atoms with Crippen LogP contribution < -0.4 is 0 Å². The second kappa shape index (κ2) is 7.25. The zero-order valence-corrected chi connectivity index (χ0v) is 14.2. The van der Waals surface area contributed by atoms with Gasteiger partial charge in [0.15, 0.2) is 0 Å². The first-order valence-electron chi connectivity index (χ1n) is 6.62. The minimum absolute atomic E-state index is 0.0638. The summed E-state index contributed by atoms with van der Waals surface area (Å²) in [6.07, 6.45) is 0.333. The van der Waals surface area contributed by atoms with Crippen LogP contribution in [0.1, 0.15) is 23.2 Å². The van der Waals surface area contributed by atoms with Gasteiger partial charge >= 0.3 is 0 Å². The van der Waals surface area contributed by atoms with E-state index in [1.54, 1.807) is 28.4 Å². The fourth-order valence-corrected chi connectivity index (χ4v) is 2.92. The van der Waals surface area contributed by atoms with Gasteiger partial charge in [-0.15, -0.1) is 11.3 Å². The first-order chi connectivity index (χ1) is 9.99. The highest BCUT2D eigenvalue weighted by Gasteiger charge is 2.14. The van der Waals surface area contributed by atoms with Crippen molar-refractivity contribution in [3.05, 3.63) is 49.9 Å². The van der Waals surface area contributed by atoms with Gasteiger partial charge in [0.05, 0.1) is 27.2 Å². The molecule has 6 heteroatoms. The third-order valence-electron chi connectivity index (χ3n) is 3.09. The van der Waals surface area contributed by atoms with Crippen LogP contribution in [-0.2, 0) is 17.8 Å². The largest absolute Gasteiger partial charge is 0.338 e. The number of halogens is 2. The van der Waals surface area contributed by atoms with Crippen LogP contribution in [0.3, 0.4) is 0 Å². The molecule has 0 aliphatic carbocycles. The van der Waals surface area contributed by atoms with Gasteiger partial charge in [0.25, 0.3) is 0 Å². The van der Waals surface area contributed by atoms with Gasteiger partial charge in [0.2, 0.25) is 5.91 Å². The van der Waals surface area contributed by atoms with E-state index in [2.05, 4.69) is 4.98 Å². The highest BCUT2D eigenvalue weighted by Crippen LogP contribution is 2.23. The monoisotopic (exact) mass is 342 g/mol. The molecule has 0 spiro atoms. The van der Waals surface area contributed by atoms with Crippen LogP contribution in [0.2, 0.25) is 10.0 Å². The van der Waals surface area contributed by atoms with E-state index in [1.165, 1.54) is 0 Å². The fourth-order valence-electron chi connectivity index (χ4n) is 1.99. The molecule has 0 N–H and O–H groups in total. The second-order valence-corrected chi connectivity index (χ2v) is 6.57. The molecule has 1 heterocycles. The van der Waals surface area contributed by atoms with Gasteiger partial charge in [-0.2, -0.15) is 0 Å². The molecule has 0 aliphatic heterocycles. The Morgan fingerprint density at radius 3 is 2.67 bits per heavy atom. The lowest BCUT2D eigenvalue weighted by Gasteiger charge is -2.21. The number of hydrogen-bond acceptors (Lipinski definition) is 3. The summed E-state index contributed by atoms with van der Waals surface area (Å²) < 4.78 is 0. The van der Waals surface area contributed by atoms with E-state index in [-0.39, 0.29) is 5.91 Å². The Morgan fingerprint density at radius 2 is 2.10 bits per heavy atom. The maximum absolute atomic E-state index is 12.3. The topological polar surface area (TPSA) is 33.2 Å². The van der Waals surface area contributed by atoms with Gasteiger partial charge in [-0.1, -0.05) is 29.3 Å². The third-order valence-corrected chi connectivity index (χ3v) is 4.65. The number of nitrogens with zero attached hydrogens (tertiary/aromatic N) is 2. The summed E-state index contributed by atoms with van der Waals surface area (Å²) in [6, 6.07) is 5.44. The number of amides is 1. The van der Waals surface area contributed by atoms with Gasteiger partial charge in [-0.05, 0) is 31.5 Å². The number of likely N-dealkylation sites (N-methyl/N-ethyl adjacent to an activating group) is 1. The van der Waals surface area contributed by atoms with E-state index in [0.717, 1.165) is 16.3 Å². The van der Waals surface area contributed by atoms with Gasteiger partial charge in [0, 0.05) is 18.5 Å². The molecule has 0 saturated carbocycles. The lowest BCUT2D eigenvalue weighted by molar-refractivity contribution is -0.130. The van der Waals surface area contributed by atoms with E-state index in [9.17, 15) is 4.79 Å². The number of aromatic nitrogens is 1. The molecule has 0 saturated heterocycles. The molecule has 1 amide bonds. The molecule has 0 atom stereocenters. The molecule has 0 bridgehead atoms. The number of rotatable bonds is 5. The molecule has 112 valence electrons.